The first-order valence-electron chi connectivity index (χ1n) is 11.8. The first-order chi connectivity index (χ1) is 16.4. The molecular weight excluding hydrogens is 450 g/mol. The first kappa shape index (κ1) is 24.3. The molecule has 1 saturated heterocycles. The largest absolute Gasteiger partial charge is 0.494 e. The Bertz CT molecular complexity index is 1120. The molecule has 1 aromatic heterocycles. The lowest BCUT2D eigenvalue weighted by Gasteiger charge is -2.38. The third kappa shape index (κ3) is 5.29. The van der Waals surface area contributed by atoms with Gasteiger partial charge in [-0.15, -0.1) is 0 Å². The predicted octanol–water partition coefficient (Wildman–Crippen LogP) is 5.08. The molecule has 1 aliphatic heterocycles. The molecule has 2 aromatic carbocycles. The van der Waals surface area contributed by atoms with Gasteiger partial charge in [0.25, 0.3) is 5.91 Å². The maximum atomic E-state index is 13.3. The average molecular weight is 482 g/mol. The van der Waals surface area contributed by atoms with Crippen LogP contribution in [0.5, 0.6) is 5.75 Å². The Balaban J connectivity index is 1.50. The summed E-state index contributed by atoms with van der Waals surface area (Å²) in [7, 11) is 0. The molecule has 6 nitrogen and oxygen atoms in total. The van der Waals surface area contributed by atoms with Gasteiger partial charge in [0.05, 0.1) is 24.4 Å². The molecule has 180 valence electrons. The van der Waals surface area contributed by atoms with Crippen LogP contribution in [0.15, 0.2) is 48.5 Å². The Morgan fingerprint density at radius 2 is 1.79 bits per heavy atom. The zero-order valence-corrected chi connectivity index (χ0v) is 20.8. The fourth-order valence-corrected chi connectivity index (χ4v) is 4.84. The summed E-state index contributed by atoms with van der Waals surface area (Å²) >= 11 is 6.63. The summed E-state index contributed by atoms with van der Waals surface area (Å²) in [4.78, 5) is 13.3. The minimum Gasteiger partial charge on any atom is -0.494 e. The van der Waals surface area contributed by atoms with Crippen LogP contribution in [0.3, 0.4) is 0 Å². The van der Waals surface area contributed by atoms with Gasteiger partial charge >= 0.3 is 0 Å². The van der Waals surface area contributed by atoms with Crippen LogP contribution in [0.4, 0.5) is 0 Å². The summed E-state index contributed by atoms with van der Waals surface area (Å²) in [5.74, 6) is 0.648. The number of aromatic nitrogens is 2. The van der Waals surface area contributed by atoms with Crippen molar-refractivity contribution in [3.05, 3.63) is 81.6 Å². The van der Waals surface area contributed by atoms with Gasteiger partial charge in [-0.3, -0.25) is 4.79 Å². The van der Waals surface area contributed by atoms with Crippen molar-refractivity contribution in [1.82, 2.24) is 15.1 Å². The van der Waals surface area contributed by atoms with Gasteiger partial charge in [-0.1, -0.05) is 53.6 Å². The molecule has 0 unspecified atom stereocenters. The number of nitrogens with zero attached hydrogens (tertiary/aromatic N) is 2. The number of aryl methyl sites for hydroxylation is 2. The number of nitrogens with one attached hydrogen (secondary N) is 1. The molecule has 1 N–H and O–H groups in total. The molecule has 0 bridgehead atoms. The van der Waals surface area contributed by atoms with Crippen LogP contribution in [-0.2, 0) is 16.7 Å². The summed E-state index contributed by atoms with van der Waals surface area (Å²) in [6.07, 6.45) is 1.67. The van der Waals surface area contributed by atoms with Crippen LogP contribution in [0.2, 0.25) is 5.15 Å². The number of halogens is 1. The molecule has 1 fully saturated rings. The standard InChI is InChI=1S/C27H32ClN3O3/c1-4-34-23-11-9-22(10-12-23)27(13-15-33-16-14-27)18-29-26(32)24-20(3)30-31(25(24)28)17-21-7-5-19(2)6-8-21/h5-12H,4,13-18H2,1-3H3,(H,29,32). The van der Waals surface area contributed by atoms with Crippen molar-refractivity contribution in [2.75, 3.05) is 26.4 Å². The van der Waals surface area contributed by atoms with Crippen molar-refractivity contribution in [3.8, 4) is 5.75 Å². The number of carbonyl (C=O) groups is 1. The summed E-state index contributed by atoms with van der Waals surface area (Å²) in [6, 6.07) is 16.4. The van der Waals surface area contributed by atoms with Crippen LogP contribution in [-0.4, -0.2) is 42.1 Å². The Morgan fingerprint density at radius 3 is 2.44 bits per heavy atom. The van der Waals surface area contributed by atoms with Crippen LogP contribution in [0, 0.1) is 13.8 Å². The Kier molecular flexibility index (Phi) is 7.59. The number of hydrogen-bond acceptors (Lipinski definition) is 4. The van der Waals surface area contributed by atoms with Gasteiger partial charge in [0, 0.05) is 25.2 Å². The second-order valence-corrected chi connectivity index (χ2v) is 9.29. The quantitative estimate of drug-likeness (QED) is 0.487. The number of hydrogen-bond donors (Lipinski definition) is 1. The molecule has 0 radical (unpaired) electrons. The monoisotopic (exact) mass is 481 g/mol. The third-order valence-corrected chi connectivity index (χ3v) is 6.94. The van der Waals surface area contributed by atoms with E-state index in [1.807, 2.05) is 38.1 Å². The summed E-state index contributed by atoms with van der Waals surface area (Å²) < 4.78 is 12.9. The van der Waals surface area contributed by atoms with E-state index in [0.29, 0.717) is 49.3 Å². The minimum atomic E-state index is -0.200. The molecular formula is C27H32ClN3O3. The molecule has 1 aliphatic rings. The van der Waals surface area contributed by atoms with E-state index in [4.69, 9.17) is 21.1 Å². The molecule has 7 heteroatoms. The number of amides is 1. The average Bonchev–Trinajstić information content (AvgIpc) is 3.13. The SMILES string of the molecule is CCOc1ccc(C2(CNC(=O)c3c(C)nn(Cc4ccc(C)cc4)c3Cl)CCOCC2)cc1. The van der Waals surface area contributed by atoms with Crippen molar-refractivity contribution in [1.29, 1.82) is 0 Å². The van der Waals surface area contributed by atoms with Gasteiger partial charge < -0.3 is 14.8 Å². The van der Waals surface area contributed by atoms with Crippen LogP contribution in [0.1, 0.15) is 52.5 Å². The Hall–Kier alpha value is -2.83. The number of ether oxygens (including phenoxy) is 2. The van der Waals surface area contributed by atoms with Crippen molar-refractivity contribution < 1.29 is 14.3 Å². The van der Waals surface area contributed by atoms with Gasteiger partial charge in [0.15, 0.2) is 0 Å². The van der Waals surface area contributed by atoms with E-state index in [-0.39, 0.29) is 11.3 Å². The van der Waals surface area contributed by atoms with Crippen LogP contribution < -0.4 is 10.1 Å². The molecule has 2 heterocycles. The number of benzene rings is 2. The zero-order valence-electron chi connectivity index (χ0n) is 20.1. The van der Waals surface area contributed by atoms with E-state index in [0.717, 1.165) is 24.2 Å². The predicted molar refractivity (Wildman–Crippen MR) is 134 cm³/mol. The van der Waals surface area contributed by atoms with Gasteiger partial charge in [-0.25, -0.2) is 4.68 Å². The molecule has 3 aromatic rings. The van der Waals surface area contributed by atoms with E-state index < -0.39 is 0 Å². The highest BCUT2D eigenvalue weighted by atomic mass is 35.5. The topological polar surface area (TPSA) is 65.4 Å². The molecule has 4 rings (SSSR count). The maximum Gasteiger partial charge on any atom is 0.256 e. The second kappa shape index (κ2) is 10.6. The third-order valence-electron chi connectivity index (χ3n) is 6.56. The highest BCUT2D eigenvalue weighted by Crippen LogP contribution is 2.35. The summed E-state index contributed by atoms with van der Waals surface area (Å²) in [5, 5.41) is 8.05. The Morgan fingerprint density at radius 1 is 1.12 bits per heavy atom. The van der Waals surface area contributed by atoms with Gasteiger partial charge in [-0.05, 0) is 56.9 Å². The fourth-order valence-electron chi connectivity index (χ4n) is 4.52. The fraction of sp³-hybridized carbons (Fsp3) is 0.407. The molecule has 0 aliphatic carbocycles. The Labute approximate surface area is 206 Å². The lowest BCUT2D eigenvalue weighted by molar-refractivity contribution is 0.0487. The van der Waals surface area contributed by atoms with E-state index in [1.54, 1.807) is 4.68 Å². The molecule has 0 atom stereocenters. The highest BCUT2D eigenvalue weighted by Gasteiger charge is 2.35. The molecule has 34 heavy (non-hydrogen) atoms. The minimum absolute atomic E-state index is 0.197. The maximum absolute atomic E-state index is 13.3. The van der Waals surface area contributed by atoms with E-state index in [9.17, 15) is 4.79 Å². The van der Waals surface area contributed by atoms with Crippen LogP contribution in [0.25, 0.3) is 0 Å². The smallest absolute Gasteiger partial charge is 0.256 e. The second-order valence-electron chi connectivity index (χ2n) is 8.93. The highest BCUT2D eigenvalue weighted by molar-refractivity contribution is 6.33. The van der Waals surface area contributed by atoms with Crippen LogP contribution >= 0.6 is 11.6 Å². The van der Waals surface area contributed by atoms with E-state index in [1.165, 1.54) is 11.1 Å². The molecule has 0 spiro atoms. The van der Waals surface area contributed by atoms with Crippen molar-refractivity contribution in [2.45, 2.75) is 45.6 Å². The van der Waals surface area contributed by atoms with Gasteiger partial charge in [-0.2, -0.15) is 5.10 Å². The van der Waals surface area contributed by atoms with E-state index in [2.05, 4.69) is 41.6 Å². The number of carbonyl (C=O) groups excluding carboxylic acids is 1. The van der Waals surface area contributed by atoms with Crippen molar-refractivity contribution >= 4 is 17.5 Å². The van der Waals surface area contributed by atoms with Gasteiger partial charge in [0.1, 0.15) is 10.9 Å². The molecule has 0 saturated carbocycles. The van der Waals surface area contributed by atoms with Gasteiger partial charge in [0.2, 0.25) is 0 Å². The number of rotatable bonds is 8. The molecule has 1 amide bonds. The lowest BCUT2D eigenvalue weighted by Crippen LogP contribution is -2.44. The lowest BCUT2D eigenvalue weighted by atomic mass is 9.74. The summed E-state index contributed by atoms with van der Waals surface area (Å²) in [5.41, 5.74) is 4.31. The van der Waals surface area contributed by atoms with Crippen molar-refractivity contribution in [3.63, 3.8) is 0 Å². The van der Waals surface area contributed by atoms with Crippen molar-refractivity contribution in [2.24, 2.45) is 0 Å². The summed E-state index contributed by atoms with van der Waals surface area (Å²) in [6.45, 7) is 8.82. The zero-order chi connectivity index (χ0) is 24.1. The normalized spacial score (nSPS) is 15.2. The first-order valence-corrected chi connectivity index (χ1v) is 12.2. The van der Waals surface area contributed by atoms with E-state index >= 15 is 0 Å².